The number of unbranched alkanes of at least 4 members (excludes halogenated alkanes) is 2. The number of halogens is 1. The van der Waals surface area contributed by atoms with Crippen molar-refractivity contribution >= 4 is 17.2 Å². The monoisotopic (exact) mass is 278 g/mol. The number of hydrogen-bond acceptors (Lipinski definition) is 1. The SMILES string of the molecule is CCCCCn1ccc(C2=C(CC)C(Cl)CC=C2)n1. The summed E-state index contributed by atoms with van der Waals surface area (Å²) in [5, 5.41) is 4.82. The van der Waals surface area contributed by atoms with Gasteiger partial charge in [-0.3, -0.25) is 4.68 Å². The highest BCUT2D eigenvalue weighted by Crippen LogP contribution is 2.31. The molecule has 2 rings (SSSR count). The van der Waals surface area contributed by atoms with Crippen LogP contribution < -0.4 is 0 Å². The Kier molecular flexibility index (Phi) is 5.26. The van der Waals surface area contributed by atoms with Gasteiger partial charge in [0.15, 0.2) is 0 Å². The smallest absolute Gasteiger partial charge is 0.0923 e. The minimum Gasteiger partial charge on any atom is -0.272 e. The lowest BCUT2D eigenvalue weighted by Gasteiger charge is -2.18. The molecule has 1 aromatic heterocycles. The maximum absolute atomic E-state index is 6.39. The lowest BCUT2D eigenvalue weighted by molar-refractivity contribution is 0.552. The van der Waals surface area contributed by atoms with Crippen LogP contribution in [0, 0.1) is 0 Å². The van der Waals surface area contributed by atoms with E-state index in [9.17, 15) is 0 Å². The molecule has 0 fully saturated rings. The summed E-state index contributed by atoms with van der Waals surface area (Å²) < 4.78 is 2.05. The molecule has 0 amide bonds. The summed E-state index contributed by atoms with van der Waals surface area (Å²) in [6.07, 6.45) is 12.1. The molecule has 0 bridgehead atoms. The van der Waals surface area contributed by atoms with E-state index in [2.05, 4.69) is 48.0 Å². The van der Waals surface area contributed by atoms with Crippen LogP contribution in [0.25, 0.3) is 5.57 Å². The Hall–Kier alpha value is -1.02. The first-order valence-electron chi connectivity index (χ1n) is 7.33. The Morgan fingerprint density at radius 1 is 1.37 bits per heavy atom. The molecule has 0 N–H and O–H groups in total. The summed E-state index contributed by atoms with van der Waals surface area (Å²) in [6.45, 7) is 5.40. The molecule has 3 heteroatoms. The van der Waals surface area contributed by atoms with E-state index >= 15 is 0 Å². The Bertz CT molecular complexity index is 471. The molecule has 1 atom stereocenters. The number of nitrogens with zero attached hydrogens (tertiary/aromatic N) is 2. The molecule has 2 nitrogen and oxygen atoms in total. The summed E-state index contributed by atoms with van der Waals surface area (Å²) in [5.41, 5.74) is 3.61. The first-order valence-corrected chi connectivity index (χ1v) is 7.77. The van der Waals surface area contributed by atoms with Gasteiger partial charge in [-0.25, -0.2) is 0 Å². The summed E-state index contributed by atoms with van der Waals surface area (Å²) in [4.78, 5) is 0. The predicted molar refractivity (Wildman–Crippen MR) is 82.4 cm³/mol. The fourth-order valence-corrected chi connectivity index (χ4v) is 2.91. The minimum absolute atomic E-state index is 0.134. The van der Waals surface area contributed by atoms with Crippen LogP contribution in [0.4, 0.5) is 0 Å². The third kappa shape index (κ3) is 3.50. The molecule has 0 saturated heterocycles. The van der Waals surface area contributed by atoms with Gasteiger partial charge in [-0.05, 0) is 30.9 Å². The molecule has 19 heavy (non-hydrogen) atoms. The third-order valence-corrected chi connectivity index (χ3v) is 4.08. The maximum atomic E-state index is 6.39. The number of alkyl halides is 1. The summed E-state index contributed by atoms with van der Waals surface area (Å²) in [5.74, 6) is 0. The second-order valence-electron chi connectivity index (χ2n) is 5.07. The van der Waals surface area contributed by atoms with Crippen molar-refractivity contribution in [3.8, 4) is 0 Å². The average molecular weight is 279 g/mol. The summed E-state index contributed by atoms with van der Waals surface area (Å²) in [7, 11) is 0. The van der Waals surface area contributed by atoms with Crippen molar-refractivity contribution < 1.29 is 0 Å². The van der Waals surface area contributed by atoms with E-state index in [-0.39, 0.29) is 5.38 Å². The van der Waals surface area contributed by atoms with Crippen LogP contribution >= 0.6 is 11.6 Å². The van der Waals surface area contributed by atoms with Crippen LogP contribution in [0.5, 0.6) is 0 Å². The minimum atomic E-state index is 0.134. The van der Waals surface area contributed by atoms with E-state index in [1.165, 1.54) is 30.4 Å². The predicted octanol–water partition coefficient (Wildman–Crippen LogP) is 4.80. The van der Waals surface area contributed by atoms with E-state index in [0.717, 1.165) is 25.1 Å². The van der Waals surface area contributed by atoms with Gasteiger partial charge in [-0.15, -0.1) is 11.6 Å². The fourth-order valence-electron chi connectivity index (χ4n) is 2.54. The molecule has 1 aliphatic carbocycles. The Labute approximate surface area is 121 Å². The van der Waals surface area contributed by atoms with Crippen LogP contribution in [0.3, 0.4) is 0 Å². The first kappa shape index (κ1) is 14.4. The standard InChI is InChI=1S/C16H23ClN2/c1-3-5-6-11-19-12-10-16(18-19)14-8-7-9-15(17)13(14)4-2/h7-8,10,12,15H,3-6,9,11H2,1-2H3. The van der Waals surface area contributed by atoms with Crippen LogP contribution in [0.1, 0.15) is 51.6 Å². The van der Waals surface area contributed by atoms with Crippen LogP contribution in [-0.4, -0.2) is 15.2 Å². The van der Waals surface area contributed by atoms with Gasteiger partial charge >= 0.3 is 0 Å². The lowest BCUT2D eigenvalue weighted by Crippen LogP contribution is -2.08. The zero-order valence-electron chi connectivity index (χ0n) is 11.9. The zero-order valence-corrected chi connectivity index (χ0v) is 12.7. The highest BCUT2D eigenvalue weighted by Gasteiger charge is 2.18. The second kappa shape index (κ2) is 6.95. The van der Waals surface area contributed by atoms with E-state index < -0.39 is 0 Å². The van der Waals surface area contributed by atoms with E-state index in [1.54, 1.807) is 0 Å². The van der Waals surface area contributed by atoms with Crippen molar-refractivity contribution in [3.05, 3.63) is 35.7 Å². The molecule has 1 aliphatic rings. The average Bonchev–Trinajstić information content (AvgIpc) is 2.87. The molecular formula is C16H23ClN2. The quantitative estimate of drug-likeness (QED) is 0.540. The third-order valence-electron chi connectivity index (χ3n) is 3.64. The number of allylic oxidation sites excluding steroid dienone is 4. The van der Waals surface area contributed by atoms with Crippen molar-refractivity contribution in [2.24, 2.45) is 0 Å². The lowest BCUT2D eigenvalue weighted by atomic mass is 9.93. The number of aromatic nitrogens is 2. The molecule has 0 aliphatic heterocycles. The second-order valence-corrected chi connectivity index (χ2v) is 5.60. The molecule has 0 spiro atoms. The van der Waals surface area contributed by atoms with Gasteiger partial charge in [-0.2, -0.15) is 5.10 Å². The van der Waals surface area contributed by atoms with E-state index in [4.69, 9.17) is 11.6 Å². The summed E-state index contributed by atoms with van der Waals surface area (Å²) in [6, 6.07) is 2.11. The van der Waals surface area contributed by atoms with Gasteiger partial charge in [-0.1, -0.05) is 38.8 Å². The summed E-state index contributed by atoms with van der Waals surface area (Å²) >= 11 is 6.39. The molecule has 0 aromatic carbocycles. The number of rotatable bonds is 6. The number of aryl methyl sites for hydroxylation is 1. The highest BCUT2D eigenvalue weighted by molar-refractivity contribution is 6.23. The van der Waals surface area contributed by atoms with Crippen molar-refractivity contribution in [2.75, 3.05) is 0 Å². The molecule has 1 heterocycles. The Morgan fingerprint density at radius 2 is 2.21 bits per heavy atom. The molecule has 0 saturated carbocycles. The van der Waals surface area contributed by atoms with Gasteiger partial charge in [0.2, 0.25) is 0 Å². The largest absolute Gasteiger partial charge is 0.272 e. The molecule has 1 aromatic rings. The highest BCUT2D eigenvalue weighted by atomic mass is 35.5. The molecular weight excluding hydrogens is 256 g/mol. The van der Waals surface area contributed by atoms with Gasteiger partial charge in [0.1, 0.15) is 0 Å². The van der Waals surface area contributed by atoms with Crippen molar-refractivity contribution in [2.45, 2.75) is 57.9 Å². The molecule has 1 unspecified atom stereocenters. The van der Waals surface area contributed by atoms with E-state index in [0.29, 0.717) is 0 Å². The topological polar surface area (TPSA) is 17.8 Å². The fraction of sp³-hybridized carbons (Fsp3) is 0.562. The van der Waals surface area contributed by atoms with Crippen molar-refractivity contribution in [3.63, 3.8) is 0 Å². The van der Waals surface area contributed by atoms with Crippen LogP contribution in [-0.2, 0) is 6.54 Å². The van der Waals surface area contributed by atoms with Gasteiger partial charge in [0, 0.05) is 18.3 Å². The molecule has 0 radical (unpaired) electrons. The maximum Gasteiger partial charge on any atom is 0.0923 e. The van der Waals surface area contributed by atoms with E-state index in [1.807, 2.05) is 0 Å². The van der Waals surface area contributed by atoms with Gasteiger partial charge in [0.05, 0.1) is 11.1 Å². The zero-order chi connectivity index (χ0) is 13.7. The Balaban J connectivity index is 2.15. The van der Waals surface area contributed by atoms with Crippen LogP contribution in [0.2, 0.25) is 0 Å². The van der Waals surface area contributed by atoms with Crippen LogP contribution in [0.15, 0.2) is 30.0 Å². The first-order chi connectivity index (χ1) is 9.26. The van der Waals surface area contributed by atoms with Crippen molar-refractivity contribution in [1.82, 2.24) is 9.78 Å². The van der Waals surface area contributed by atoms with Gasteiger partial charge in [0.25, 0.3) is 0 Å². The number of hydrogen-bond donors (Lipinski definition) is 0. The molecule has 104 valence electrons. The van der Waals surface area contributed by atoms with Crippen molar-refractivity contribution in [1.29, 1.82) is 0 Å². The Morgan fingerprint density at radius 3 is 2.95 bits per heavy atom. The van der Waals surface area contributed by atoms with Gasteiger partial charge < -0.3 is 0 Å². The normalized spacial score (nSPS) is 19.2.